The van der Waals surface area contributed by atoms with Crippen molar-refractivity contribution < 1.29 is 9.53 Å². The van der Waals surface area contributed by atoms with Crippen LogP contribution in [0.25, 0.3) is 0 Å². The van der Waals surface area contributed by atoms with Crippen molar-refractivity contribution in [1.82, 2.24) is 0 Å². The number of rotatable bonds is 6. The average molecular weight is 160 g/mol. The Labute approximate surface area is 66.9 Å². The number of amides is 1. The van der Waals surface area contributed by atoms with Gasteiger partial charge in [-0.25, -0.2) is 0 Å². The van der Waals surface area contributed by atoms with E-state index in [1.165, 1.54) is 0 Å². The van der Waals surface area contributed by atoms with Crippen LogP contribution in [0.2, 0.25) is 0 Å². The van der Waals surface area contributed by atoms with Gasteiger partial charge in [-0.15, -0.1) is 0 Å². The summed E-state index contributed by atoms with van der Waals surface area (Å²) < 4.78 is 5.21. The highest BCUT2D eigenvalue weighted by Gasteiger charge is 1.98. The summed E-state index contributed by atoms with van der Waals surface area (Å²) in [5.41, 5.74) is 10.2. The molecule has 0 aliphatic carbocycles. The van der Waals surface area contributed by atoms with Gasteiger partial charge in [-0.1, -0.05) is 0 Å². The molecule has 0 aromatic heterocycles. The number of hydrogen-bond acceptors (Lipinski definition) is 3. The molecule has 0 spiro atoms. The maximum absolute atomic E-state index is 10.3. The van der Waals surface area contributed by atoms with Crippen molar-refractivity contribution in [3.8, 4) is 0 Å². The smallest absolute Gasteiger partial charge is 0.217 e. The summed E-state index contributed by atoms with van der Waals surface area (Å²) in [5.74, 6) is -0.283. The van der Waals surface area contributed by atoms with Gasteiger partial charge >= 0.3 is 0 Å². The van der Waals surface area contributed by atoms with Crippen molar-refractivity contribution in [3.05, 3.63) is 0 Å². The van der Waals surface area contributed by atoms with Gasteiger partial charge < -0.3 is 16.2 Å². The lowest BCUT2D eigenvalue weighted by Gasteiger charge is -2.08. The van der Waals surface area contributed by atoms with E-state index in [4.69, 9.17) is 16.2 Å². The largest absolute Gasteiger partial charge is 0.377 e. The molecule has 0 saturated carbocycles. The molecule has 4 nitrogen and oxygen atoms in total. The van der Waals surface area contributed by atoms with Crippen LogP contribution in [0.1, 0.15) is 19.8 Å². The normalized spacial score (nSPS) is 12.9. The van der Waals surface area contributed by atoms with Crippen LogP contribution in [-0.2, 0) is 9.53 Å². The number of carbonyl (C=O) groups is 1. The fraction of sp³-hybridized carbons (Fsp3) is 0.857. The summed E-state index contributed by atoms with van der Waals surface area (Å²) in [4.78, 5) is 10.3. The first kappa shape index (κ1) is 10.4. The Morgan fingerprint density at radius 1 is 1.64 bits per heavy atom. The van der Waals surface area contributed by atoms with Crippen LogP contribution in [0.15, 0.2) is 0 Å². The summed E-state index contributed by atoms with van der Waals surface area (Å²) >= 11 is 0. The molecule has 0 fully saturated rings. The zero-order chi connectivity index (χ0) is 8.69. The minimum atomic E-state index is -0.283. The molecule has 1 amide bonds. The first-order chi connectivity index (χ1) is 5.16. The van der Waals surface area contributed by atoms with Crippen LogP contribution in [-0.4, -0.2) is 25.2 Å². The van der Waals surface area contributed by atoms with Gasteiger partial charge in [-0.2, -0.15) is 0 Å². The lowest BCUT2D eigenvalue weighted by molar-refractivity contribution is -0.118. The minimum Gasteiger partial charge on any atom is -0.377 e. The van der Waals surface area contributed by atoms with Crippen LogP contribution in [0.4, 0.5) is 0 Å². The summed E-state index contributed by atoms with van der Waals surface area (Å²) in [6.45, 7) is 2.96. The molecular weight excluding hydrogens is 144 g/mol. The Kier molecular flexibility index (Phi) is 5.78. The Balaban J connectivity index is 3.08. The van der Waals surface area contributed by atoms with Gasteiger partial charge in [0.2, 0.25) is 5.91 Å². The maximum Gasteiger partial charge on any atom is 0.217 e. The molecule has 0 saturated heterocycles. The van der Waals surface area contributed by atoms with Gasteiger partial charge in [-0.05, 0) is 13.3 Å². The Bertz CT molecular complexity index is 117. The van der Waals surface area contributed by atoms with E-state index in [0.29, 0.717) is 26.0 Å². The van der Waals surface area contributed by atoms with Crippen molar-refractivity contribution >= 4 is 5.91 Å². The molecule has 0 aliphatic heterocycles. The molecular formula is C7H16N2O2. The van der Waals surface area contributed by atoms with E-state index < -0.39 is 0 Å². The van der Waals surface area contributed by atoms with Crippen LogP contribution < -0.4 is 11.5 Å². The summed E-state index contributed by atoms with van der Waals surface area (Å²) in [5, 5.41) is 0. The average Bonchev–Trinajstić information content (AvgIpc) is 1.97. The monoisotopic (exact) mass is 160 g/mol. The molecule has 4 N–H and O–H groups in total. The van der Waals surface area contributed by atoms with Crippen molar-refractivity contribution in [2.24, 2.45) is 11.5 Å². The fourth-order valence-corrected chi connectivity index (χ4v) is 0.599. The highest BCUT2D eigenvalue weighted by atomic mass is 16.5. The molecule has 0 radical (unpaired) electrons. The first-order valence-corrected chi connectivity index (χ1v) is 3.76. The predicted molar refractivity (Wildman–Crippen MR) is 42.9 cm³/mol. The molecule has 0 aromatic carbocycles. The lowest BCUT2D eigenvalue weighted by Crippen LogP contribution is -2.21. The van der Waals surface area contributed by atoms with E-state index in [0.717, 1.165) is 0 Å². The second-order valence-corrected chi connectivity index (χ2v) is 2.49. The second kappa shape index (κ2) is 6.12. The Hall–Kier alpha value is -0.610. The lowest BCUT2D eigenvalue weighted by atomic mass is 10.3. The van der Waals surface area contributed by atoms with E-state index in [9.17, 15) is 4.79 Å². The highest BCUT2D eigenvalue weighted by molar-refractivity contribution is 5.73. The summed E-state index contributed by atoms with van der Waals surface area (Å²) in [6, 6.07) is 0. The molecule has 0 rings (SSSR count). The van der Waals surface area contributed by atoms with E-state index in [1.807, 2.05) is 6.92 Å². The molecule has 1 atom stereocenters. The van der Waals surface area contributed by atoms with E-state index >= 15 is 0 Å². The van der Waals surface area contributed by atoms with Crippen molar-refractivity contribution in [2.75, 3.05) is 13.2 Å². The second-order valence-electron chi connectivity index (χ2n) is 2.49. The van der Waals surface area contributed by atoms with Gasteiger partial charge in [0.05, 0.1) is 6.10 Å². The number of hydrogen-bond donors (Lipinski definition) is 2. The Morgan fingerprint density at radius 2 is 2.27 bits per heavy atom. The van der Waals surface area contributed by atoms with Crippen molar-refractivity contribution in [2.45, 2.75) is 25.9 Å². The predicted octanol–water partition coefficient (Wildman–Crippen LogP) is -0.384. The molecule has 66 valence electrons. The fourth-order valence-electron chi connectivity index (χ4n) is 0.599. The molecule has 0 aliphatic rings. The molecule has 0 aromatic rings. The van der Waals surface area contributed by atoms with Crippen LogP contribution in [0, 0.1) is 0 Å². The van der Waals surface area contributed by atoms with Gasteiger partial charge in [0.1, 0.15) is 0 Å². The first-order valence-electron chi connectivity index (χ1n) is 3.76. The molecule has 1 unspecified atom stereocenters. The third kappa shape index (κ3) is 7.29. The van der Waals surface area contributed by atoms with Crippen molar-refractivity contribution in [1.29, 1.82) is 0 Å². The van der Waals surface area contributed by atoms with Crippen LogP contribution >= 0.6 is 0 Å². The third-order valence-corrected chi connectivity index (χ3v) is 1.30. The number of nitrogens with two attached hydrogens (primary N) is 2. The summed E-state index contributed by atoms with van der Waals surface area (Å²) in [6.07, 6.45) is 1.14. The van der Waals surface area contributed by atoms with Gasteiger partial charge in [0.15, 0.2) is 0 Å². The standard InChI is InChI=1S/C7H16N2O2/c1-6(5-8)11-4-2-3-7(9)10/h6H,2-5,8H2,1H3,(H2,9,10). The molecule has 4 heteroatoms. The zero-order valence-electron chi connectivity index (χ0n) is 6.88. The Morgan fingerprint density at radius 3 is 2.73 bits per heavy atom. The quantitative estimate of drug-likeness (QED) is 0.520. The molecule has 0 heterocycles. The van der Waals surface area contributed by atoms with E-state index in [-0.39, 0.29) is 12.0 Å². The number of ether oxygens (including phenoxy) is 1. The highest BCUT2D eigenvalue weighted by Crippen LogP contribution is 1.92. The third-order valence-electron chi connectivity index (χ3n) is 1.30. The topological polar surface area (TPSA) is 78.3 Å². The van der Waals surface area contributed by atoms with Crippen LogP contribution in [0.5, 0.6) is 0 Å². The number of primary amides is 1. The molecule has 11 heavy (non-hydrogen) atoms. The van der Waals surface area contributed by atoms with Crippen molar-refractivity contribution in [3.63, 3.8) is 0 Å². The SMILES string of the molecule is CC(CN)OCCCC(N)=O. The minimum absolute atomic E-state index is 0.0721. The van der Waals surface area contributed by atoms with Gasteiger partial charge in [0.25, 0.3) is 0 Å². The molecule has 0 bridgehead atoms. The number of carbonyl (C=O) groups excluding carboxylic acids is 1. The van der Waals surface area contributed by atoms with Gasteiger partial charge in [-0.3, -0.25) is 4.79 Å². The van der Waals surface area contributed by atoms with Gasteiger partial charge in [0, 0.05) is 19.6 Å². The maximum atomic E-state index is 10.3. The zero-order valence-corrected chi connectivity index (χ0v) is 6.88. The van der Waals surface area contributed by atoms with Crippen LogP contribution in [0.3, 0.4) is 0 Å². The van der Waals surface area contributed by atoms with E-state index in [2.05, 4.69) is 0 Å². The van der Waals surface area contributed by atoms with E-state index in [1.54, 1.807) is 0 Å². The summed E-state index contributed by atoms with van der Waals surface area (Å²) in [7, 11) is 0.